The quantitative estimate of drug-likeness (QED) is 0.777. The first kappa shape index (κ1) is 13.6. The molecular weight excluding hydrogens is 224 g/mol. The molecule has 1 heterocycles. The van der Waals surface area contributed by atoms with Crippen molar-refractivity contribution in [3.8, 4) is 0 Å². The lowest BCUT2D eigenvalue weighted by molar-refractivity contribution is -0.129. The first-order chi connectivity index (χ1) is 7.47. The van der Waals surface area contributed by atoms with Gasteiger partial charge in [0.1, 0.15) is 0 Å². The summed E-state index contributed by atoms with van der Waals surface area (Å²) in [4.78, 5) is 13.8. The van der Waals surface area contributed by atoms with Crippen molar-refractivity contribution in [1.82, 2.24) is 10.2 Å². The van der Waals surface area contributed by atoms with Crippen LogP contribution in [-0.4, -0.2) is 45.3 Å². The van der Waals surface area contributed by atoms with E-state index in [4.69, 9.17) is 0 Å². The lowest BCUT2D eigenvalue weighted by Crippen LogP contribution is -2.42. The summed E-state index contributed by atoms with van der Waals surface area (Å²) in [6.45, 7) is 6.51. The fourth-order valence-corrected chi connectivity index (χ4v) is 2.33. The van der Waals surface area contributed by atoms with Crippen LogP contribution in [0, 0.1) is 0 Å². The molecule has 0 saturated carbocycles. The highest BCUT2D eigenvalue weighted by atomic mass is 32.2. The van der Waals surface area contributed by atoms with Crippen molar-refractivity contribution in [3.63, 3.8) is 0 Å². The Morgan fingerprint density at radius 1 is 1.56 bits per heavy atom. The van der Waals surface area contributed by atoms with Gasteiger partial charge in [-0.3, -0.25) is 14.3 Å². The summed E-state index contributed by atoms with van der Waals surface area (Å²) < 4.78 is 11.3. The Labute approximate surface area is 100 Å². The molecule has 0 spiro atoms. The van der Waals surface area contributed by atoms with Gasteiger partial charge in [0.25, 0.3) is 0 Å². The van der Waals surface area contributed by atoms with Crippen LogP contribution < -0.4 is 5.32 Å². The maximum absolute atomic E-state index is 11.9. The van der Waals surface area contributed by atoms with Gasteiger partial charge in [-0.1, -0.05) is 13.3 Å². The van der Waals surface area contributed by atoms with E-state index in [2.05, 4.69) is 12.2 Å². The van der Waals surface area contributed by atoms with E-state index in [1.165, 1.54) is 0 Å². The molecule has 1 rings (SSSR count). The van der Waals surface area contributed by atoms with E-state index in [1.54, 1.807) is 6.26 Å². The summed E-state index contributed by atoms with van der Waals surface area (Å²) in [6.07, 6.45) is 3.81. The van der Waals surface area contributed by atoms with Crippen LogP contribution in [-0.2, 0) is 15.6 Å². The lowest BCUT2D eigenvalue weighted by atomic mass is 10.2. The van der Waals surface area contributed by atoms with Crippen LogP contribution in [0.25, 0.3) is 0 Å². The van der Waals surface area contributed by atoms with Gasteiger partial charge in [-0.2, -0.15) is 0 Å². The summed E-state index contributed by atoms with van der Waals surface area (Å²) in [5, 5.41) is 3.31. The molecule has 1 aliphatic heterocycles. The fraction of sp³-hybridized carbons (Fsp3) is 0.909. The molecule has 5 heteroatoms. The van der Waals surface area contributed by atoms with Crippen LogP contribution >= 0.6 is 0 Å². The minimum atomic E-state index is -0.873. The van der Waals surface area contributed by atoms with Crippen LogP contribution in [0.4, 0.5) is 0 Å². The zero-order valence-corrected chi connectivity index (χ0v) is 11.3. The molecule has 1 aliphatic rings. The van der Waals surface area contributed by atoms with Gasteiger partial charge in [0, 0.05) is 28.9 Å². The standard InChI is InChI=1S/C11H22N2O2S/c1-5-6-10-12-9(3)11(14)13(10)7-8(2)16(4)15/h8-10,12H,5-7H2,1-4H3. The molecule has 94 valence electrons. The van der Waals surface area contributed by atoms with Gasteiger partial charge in [-0.05, 0) is 20.3 Å². The minimum absolute atomic E-state index is 0.0374. The van der Waals surface area contributed by atoms with Gasteiger partial charge in [0.15, 0.2) is 0 Å². The molecular formula is C11H22N2O2S. The third kappa shape index (κ3) is 3.04. The normalized spacial score (nSPS) is 29.5. The van der Waals surface area contributed by atoms with Crippen molar-refractivity contribution in [2.75, 3.05) is 12.8 Å². The van der Waals surface area contributed by atoms with Crippen molar-refractivity contribution in [3.05, 3.63) is 0 Å². The van der Waals surface area contributed by atoms with E-state index in [0.29, 0.717) is 6.54 Å². The second kappa shape index (κ2) is 5.77. The molecule has 1 N–H and O–H groups in total. The number of nitrogens with one attached hydrogen (secondary N) is 1. The molecule has 1 fully saturated rings. The van der Waals surface area contributed by atoms with Crippen molar-refractivity contribution < 1.29 is 9.00 Å². The van der Waals surface area contributed by atoms with Crippen LogP contribution in [0.2, 0.25) is 0 Å². The van der Waals surface area contributed by atoms with Crippen molar-refractivity contribution in [2.45, 2.75) is 51.1 Å². The van der Waals surface area contributed by atoms with E-state index in [0.717, 1.165) is 12.8 Å². The molecule has 4 unspecified atom stereocenters. The highest BCUT2D eigenvalue weighted by Crippen LogP contribution is 2.16. The van der Waals surface area contributed by atoms with Crippen LogP contribution in [0.5, 0.6) is 0 Å². The van der Waals surface area contributed by atoms with Crippen molar-refractivity contribution in [1.29, 1.82) is 0 Å². The van der Waals surface area contributed by atoms with Crippen LogP contribution in [0.3, 0.4) is 0 Å². The van der Waals surface area contributed by atoms with Crippen LogP contribution in [0.1, 0.15) is 33.6 Å². The number of carbonyl (C=O) groups excluding carboxylic acids is 1. The van der Waals surface area contributed by atoms with E-state index in [9.17, 15) is 9.00 Å². The summed E-state index contributed by atoms with van der Waals surface area (Å²) in [6, 6.07) is -0.103. The fourth-order valence-electron chi connectivity index (χ4n) is 1.96. The number of rotatable bonds is 5. The smallest absolute Gasteiger partial charge is 0.240 e. The maximum atomic E-state index is 11.9. The second-order valence-electron chi connectivity index (χ2n) is 4.49. The molecule has 0 aromatic heterocycles. The SMILES string of the molecule is CCCC1NC(C)C(=O)N1CC(C)S(C)=O. The number of nitrogens with zero attached hydrogens (tertiary/aromatic N) is 1. The average Bonchev–Trinajstić information content (AvgIpc) is 2.46. The number of amides is 1. The van der Waals surface area contributed by atoms with Gasteiger partial charge in [-0.25, -0.2) is 0 Å². The zero-order chi connectivity index (χ0) is 12.3. The van der Waals surface area contributed by atoms with Gasteiger partial charge in [0.2, 0.25) is 5.91 Å². The van der Waals surface area contributed by atoms with Gasteiger partial charge >= 0.3 is 0 Å². The first-order valence-electron chi connectivity index (χ1n) is 5.86. The summed E-state index contributed by atoms with van der Waals surface area (Å²) >= 11 is 0. The Bertz CT molecular complexity index is 283. The van der Waals surface area contributed by atoms with E-state index < -0.39 is 10.8 Å². The Kier molecular flexibility index (Phi) is 4.92. The molecule has 0 aliphatic carbocycles. The average molecular weight is 246 g/mol. The topological polar surface area (TPSA) is 49.4 Å². The highest BCUT2D eigenvalue weighted by Gasteiger charge is 2.36. The molecule has 1 saturated heterocycles. The van der Waals surface area contributed by atoms with Gasteiger partial charge in [-0.15, -0.1) is 0 Å². The van der Waals surface area contributed by atoms with Crippen LogP contribution in [0.15, 0.2) is 0 Å². The largest absolute Gasteiger partial charge is 0.325 e. The van der Waals surface area contributed by atoms with Gasteiger partial charge in [0.05, 0.1) is 12.2 Å². The summed E-state index contributed by atoms with van der Waals surface area (Å²) in [5.74, 6) is 0.135. The third-order valence-corrected chi connectivity index (χ3v) is 4.34. The Balaban J connectivity index is 2.66. The number of hydrogen-bond donors (Lipinski definition) is 1. The molecule has 4 atom stereocenters. The predicted octanol–water partition coefficient (Wildman–Crippen LogP) is 0.700. The van der Waals surface area contributed by atoms with E-state index >= 15 is 0 Å². The molecule has 0 bridgehead atoms. The Hall–Kier alpha value is -0.420. The number of hydrogen-bond acceptors (Lipinski definition) is 3. The van der Waals surface area contributed by atoms with E-state index in [-0.39, 0.29) is 23.4 Å². The molecule has 0 aromatic rings. The summed E-state index contributed by atoms with van der Waals surface area (Å²) in [7, 11) is -0.873. The number of carbonyl (C=O) groups is 1. The second-order valence-corrected chi connectivity index (χ2v) is 6.29. The van der Waals surface area contributed by atoms with Gasteiger partial charge < -0.3 is 4.90 Å². The molecule has 4 nitrogen and oxygen atoms in total. The Morgan fingerprint density at radius 2 is 2.19 bits per heavy atom. The molecule has 1 amide bonds. The molecule has 0 aromatic carbocycles. The monoisotopic (exact) mass is 246 g/mol. The maximum Gasteiger partial charge on any atom is 0.240 e. The third-order valence-electron chi connectivity index (χ3n) is 3.05. The van der Waals surface area contributed by atoms with E-state index in [1.807, 2.05) is 18.7 Å². The molecule has 0 radical (unpaired) electrons. The highest BCUT2D eigenvalue weighted by molar-refractivity contribution is 7.84. The first-order valence-corrected chi connectivity index (χ1v) is 7.48. The summed E-state index contributed by atoms with van der Waals surface area (Å²) in [5.41, 5.74) is 0. The molecule has 16 heavy (non-hydrogen) atoms. The lowest BCUT2D eigenvalue weighted by Gasteiger charge is -2.26. The van der Waals surface area contributed by atoms with Crippen molar-refractivity contribution >= 4 is 16.7 Å². The predicted molar refractivity (Wildman–Crippen MR) is 66.5 cm³/mol. The zero-order valence-electron chi connectivity index (χ0n) is 10.5. The minimum Gasteiger partial charge on any atom is -0.325 e. The Morgan fingerprint density at radius 3 is 2.69 bits per heavy atom. The van der Waals surface area contributed by atoms with Crippen molar-refractivity contribution in [2.24, 2.45) is 0 Å².